The van der Waals surface area contributed by atoms with Gasteiger partial charge in [0.15, 0.2) is 9.84 Å². The summed E-state index contributed by atoms with van der Waals surface area (Å²) >= 11 is 0. The first-order valence-electron chi connectivity index (χ1n) is 6.76. The van der Waals surface area contributed by atoms with Crippen molar-refractivity contribution < 1.29 is 21.6 Å². The lowest BCUT2D eigenvalue weighted by atomic mass is 10.1. The van der Waals surface area contributed by atoms with Gasteiger partial charge < -0.3 is 4.74 Å². The summed E-state index contributed by atoms with van der Waals surface area (Å²) in [4.78, 5) is 0.0766. The summed E-state index contributed by atoms with van der Waals surface area (Å²) < 4.78 is 55.2. The zero-order chi connectivity index (χ0) is 15.5. The Labute approximate surface area is 125 Å². The lowest BCUT2D eigenvalue weighted by Gasteiger charge is -2.13. The molecule has 0 aliphatic carbocycles. The minimum atomic E-state index is -3.71. The number of hydrogen-bond donors (Lipinski definition) is 1. The van der Waals surface area contributed by atoms with Crippen LogP contribution in [0.2, 0.25) is 0 Å². The highest BCUT2D eigenvalue weighted by Crippen LogP contribution is 2.24. The number of sulfone groups is 1. The van der Waals surface area contributed by atoms with Crippen molar-refractivity contribution in [3.8, 4) is 5.75 Å². The fourth-order valence-electron chi connectivity index (χ4n) is 2.29. The second-order valence-electron chi connectivity index (χ2n) is 5.00. The third-order valence-corrected chi connectivity index (χ3v) is 6.63. The molecule has 6 nitrogen and oxygen atoms in total. The van der Waals surface area contributed by atoms with Crippen LogP contribution in [0.1, 0.15) is 13.3 Å². The Morgan fingerprint density at radius 3 is 2.67 bits per heavy atom. The van der Waals surface area contributed by atoms with Crippen LogP contribution in [-0.4, -0.2) is 41.5 Å². The maximum absolute atomic E-state index is 12.3. The monoisotopic (exact) mass is 333 g/mol. The van der Waals surface area contributed by atoms with Crippen molar-refractivity contribution >= 4 is 19.9 Å². The van der Waals surface area contributed by atoms with Gasteiger partial charge in [-0.15, -0.1) is 0 Å². The van der Waals surface area contributed by atoms with Gasteiger partial charge >= 0.3 is 0 Å². The van der Waals surface area contributed by atoms with E-state index < -0.39 is 19.9 Å². The van der Waals surface area contributed by atoms with Gasteiger partial charge in [-0.05, 0) is 31.4 Å². The molecule has 0 spiro atoms. The van der Waals surface area contributed by atoms with Crippen LogP contribution in [0.5, 0.6) is 5.75 Å². The van der Waals surface area contributed by atoms with Gasteiger partial charge in [-0.3, -0.25) is 0 Å². The number of sulfonamides is 1. The van der Waals surface area contributed by atoms with Crippen LogP contribution >= 0.6 is 0 Å². The molecule has 1 fully saturated rings. The molecule has 2 rings (SSSR count). The molecule has 0 bridgehead atoms. The highest BCUT2D eigenvalue weighted by Gasteiger charge is 2.29. The second kappa shape index (κ2) is 6.33. The summed E-state index contributed by atoms with van der Waals surface area (Å²) in [7, 11) is -6.71. The van der Waals surface area contributed by atoms with Crippen molar-refractivity contribution in [1.82, 2.24) is 4.72 Å². The largest absolute Gasteiger partial charge is 0.492 e. The zero-order valence-electron chi connectivity index (χ0n) is 11.8. The number of nitrogens with one attached hydrogen (secondary N) is 1. The molecule has 1 aromatic carbocycles. The van der Waals surface area contributed by atoms with Crippen molar-refractivity contribution in [1.29, 1.82) is 0 Å². The molecule has 118 valence electrons. The molecule has 1 N–H and O–H groups in total. The molecule has 0 aromatic heterocycles. The molecule has 1 unspecified atom stereocenters. The molecule has 8 heteroatoms. The van der Waals surface area contributed by atoms with E-state index in [-0.39, 0.29) is 28.9 Å². The fraction of sp³-hybridized carbons (Fsp3) is 0.538. The van der Waals surface area contributed by atoms with Crippen LogP contribution in [0.4, 0.5) is 0 Å². The van der Waals surface area contributed by atoms with Crippen molar-refractivity contribution in [2.45, 2.75) is 18.2 Å². The summed E-state index contributed by atoms with van der Waals surface area (Å²) in [6.07, 6.45) is 0.498. The van der Waals surface area contributed by atoms with E-state index in [1.54, 1.807) is 25.1 Å². The Kier molecular flexibility index (Phi) is 4.90. The van der Waals surface area contributed by atoms with E-state index in [0.717, 1.165) is 0 Å². The minimum Gasteiger partial charge on any atom is -0.492 e. The van der Waals surface area contributed by atoms with Gasteiger partial charge in [0.2, 0.25) is 10.0 Å². The molecule has 1 saturated heterocycles. The summed E-state index contributed by atoms with van der Waals surface area (Å²) in [6, 6.07) is 6.39. The fourth-order valence-corrected chi connectivity index (χ4v) is 5.41. The van der Waals surface area contributed by atoms with Gasteiger partial charge in [0.05, 0.1) is 18.1 Å². The van der Waals surface area contributed by atoms with Crippen LogP contribution < -0.4 is 9.46 Å². The predicted molar refractivity (Wildman–Crippen MR) is 79.6 cm³/mol. The van der Waals surface area contributed by atoms with Gasteiger partial charge in [0, 0.05) is 6.54 Å². The molecular formula is C13H19NO5S2. The molecule has 1 heterocycles. The molecule has 0 saturated carbocycles. The minimum absolute atomic E-state index is 0.0443. The van der Waals surface area contributed by atoms with Crippen molar-refractivity contribution in [2.24, 2.45) is 5.92 Å². The number of benzene rings is 1. The first kappa shape index (κ1) is 16.3. The van der Waals surface area contributed by atoms with Crippen molar-refractivity contribution in [2.75, 3.05) is 24.7 Å². The Hall–Kier alpha value is -1.12. The van der Waals surface area contributed by atoms with Gasteiger partial charge in [-0.25, -0.2) is 21.6 Å². The van der Waals surface area contributed by atoms with Crippen molar-refractivity contribution in [3.05, 3.63) is 24.3 Å². The summed E-state index contributed by atoms with van der Waals surface area (Å²) in [6.45, 7) is 2.27. The molecule has 21 heavy (non-hydrogen) atoms. The van der Waals surface area contributed by atoms with E-state index in [0.29, 0.717) is 18.8 Å². The highest BCUT2D eigenvalue weighted by molar-refractivity contribution is 7.91. The Balaban J connectivity index is 2.09. The molecule has 1 aliphatic rings. The smallest absolute Gasteiger partial charge is 0.244 e. The van der Waals surface area contributed by atoms with E-state index in [1.165, 1.54) is 6.07 Å². The topological polar surface area (TPSA) is 89.5 Å². The van der Waals surface area contributed by atoms with E-state index in [1.807, 2.05) is 0 Å². The Morgan fingerprint density at radius 2 is 2.05 bits per heavy atom. The van der Waals surface area contributed by atoms with Gasteiger partial charge in [-0.1, -0.05) is 12.1 Å². The van der Waals surface area contributed by atoms with Gasteiger partial charge in [0.1, 0.15) is 10.6 Å². The molecule has 1 atom stereocenters. The second-order valence-corrected chi connectivity index (χ2v) is 8.96. The molecule has 1 aliphatic heterocycles. The maximum atomic E-state index is 12.3. The van der Waals surface area contributed by atoms with Crippen LogP contribution in [0.25, 0.3) is 0 Å². The standard InChI is InChI=1S/C13H19NO5S2/c1-2-19-12-5-3-4-6-13(12)21(17,18)14-9-11-7-8-20(15,16)10-11/h3-6,11,14H,2,7-10H2,1H3. The highest BCUT2D eigenvalue weighted by atomic mass is 32.2. The first-order valence-corrected chi connectivity index (χ1v) is 10.1. The Bertz CT molecular complexity index is 697. The molecular weight excluding hydrogens is 314 g/mol. The summed E-state index contributed by atoms with van der Waals surface area (Å²) in [5.74, 6) is 0.313. The van der Waals surface area contributed by atoms with Crippen LogP contribution in [0, 0.1) is 5.92 Å². The maximum Gasteiger partial charge on any atom is 0.244 e. The van der Waals surface area contributed by atoms with Crippen LogP contribution in [-0.2, 0) is 19.9 Å². The van der Waals surface area contributed by atoms with E-state index >= 15 is 0 Å². The van der Waals surface area contributed by atoms with E-state index in [2.05, 4.69) is 4.72 Å². The summed E-state index contributed by atoms with van der Waals surface area (Å²) in [5, 5.41) is 0. The quantitative estimate of drug-likeness (QED) is 0.831. The van der Waals surface area contributed by atoms with E-state index in [9.17, 15) is 16.8 Å². The van der Waals surface area contributed by atoms with Crippen LogP contribution in [0.3, 0.4) is 0 Å². The van der Waals surface area contributed by atoms with Crippen LogP contribution in [0.15, 0.2) is 29.2 Å². The zero-order valence-corrected chi connectivity index (χ0v) is 13.4. The number of ether oxygens (including phenoxy) is 1. The van der Waals surface area contributed by atoms with Gasteiger partial charge in [-0.2, -0.15) is 0 Å². The average molecular weight is 333 g/mol. The number of rotatable bonds is 6. The Morgan fingerprint density at radius 1 is 1.33 bits per heavy atom. The molecule has 0 radical (unpaired) electrons. The van der Waals surface area contributed by atoms with E-state index in [4.69, 9.17) is 4.74 Å². The van der Waals surface area contributed by atoms with Gasteiger partial charge in [0.25, 0.3) is 0 Å². The molecule has 0 amide bonds. The SMILES string of the molecule is CCOc1ccccc1S(=O)(=O)NCC1CCS(=O)(=O)C1. The normalized spacial score (nSPS) is 21.3. The number of hydrogen-bond acceptors (Lipinski definition) is 5. The molecule has 1 aromatic rings. The first-order chi connectivity index (χ1) is 9.84. The predicted octanol–water partition coefficient (Wildman–Crippen LogP) is 0.798. The number of para-hydroxylation sites is 1. The average Bonchev–Trinajstić information content (AvgIpc) is 2.77. The third-order valence-electron chi connectivity index (χ3n) is 3.33. The lowest BCUT2D eigenvalue weighted by molar-refractivity contribution is 0.331. The third kappa shape index (κ3) is 4.18. The van der Waals surface area contributed by atoms with Crippen molar-refractivity contribution in [3.63, 3.8) is 0 Å². The lowest BCUT2D eigenvalue weighted by Crippen LogP contribution is -2.30. The summed E-state index contributed by atoms with van der Waals surface area (Å²) in [5.41, 5.74) is 0.